The van der Waals surface area contributed by atoms with Gasteiger partial charge >= 0.3 is 6.18 Å². The van der Waals surface area contributed by atoms with Gasteiger partial charge in [-0.25, -0.2) is 5.01 Å². The number of amides is 1. The molecule has 1 saturated heterocycles. The van der Waals surface area contributed by atoms with Gasteiger partial charge in [-0.15, -0.1) is 0 Å². The standard InChI is InChI=1S/C19H21F3N2O/c1-12(2)10-13-6-7-14-4-3-5-15(16(14)11-13)18(19(20,21)22)24-9-8-17(25)23-24/h3-7,11-12,18H,8-10H2,1-2H3,(H,23,25)/t18-/m0/s1. The molecule has 1 aliphatic heterocycles. The maximum Gasteiger partial charge on any atom is 0.409 e. The summed E-state index contributed by atoms with van der Waals surface area (Å²) >= 11 is 0. The third-order valence-corrected chi connectivity index (χ3v) is 4.39. The zero-order valence-corrected chi connectivity index (χ0v) is 14.2. The number of carbonyl (C=O) groups is 1. The van der Waals surface area contributed by atoms with Gasteiger partial charge in [0.25, 0.3) is 0 Å². The highest BCUT2D eigenvalue weighted by molar-refractivity contribution is 5.87. The molecule has 1 heterocycles. The van der Waals surface area contributed by atoms with Crippen LogP contribution >= 0.6 is 0 Å². The van der Waals surface area contributed by atoms with Crippen LogP contribution in [0.3, 0.4) is 0 Å². The van der Waals surface area contributed by atoms with Crippen molar-refractivity contribution in [2.45, 2.75) is 38.9 Å². The first-order valence-electron chi connectivity index (χ1n) is 8.40. The summed E-state index contributed by atoms with van der Waals surface area (Å²) in [5.41, 5.74) is 3.54. The number of benzene rings is 2. The Morgan fingerprint density at radius 3 is 2.56 bits per heavy atom. The second-order valence-corrected chi connectivity index (χ2v) is 6.92. The topological polar surface area (TPSA) is 32.3 Å². The third-order valence-electron chi connectivity index (χ3n) is 4.39. The Kier molecular flexibility index (Phi) is 4.73. The first-order valence-corrected chi connectivity index (χ1v) is 8.40. The second kappa shape index (κ2) is 6.67. The number of hydrogen-bond acceptors (Lipinski definition) is 2. The Hall–Kier alpha value is -2.08. The lowest BCUT2D eigenvalue weighted by Gasteiger charge is -2.30. The molecule has 2 aromatic rings. The largest absolute Gasteiger partial charge is 0.409 e. The van der Waals surface area contributed by atoms with Gasteiger partial charge in [0.05, 0.1) is 0 Å². The van der Waals surface area contributed by atoms with E-state index in [1.54, 1.807) is 6.07 Å². The smallest absolute Gasteiger partial charge is 0.288 e. The summed E-state index contributed by atoms with van der Waals surface area (Å²) in [5.74, 6) is 0.0379. The van der Waals surface area contributed by atoms with Crippen molar-refractivity contribution in [1.82, 2.24) is 10.4 Å². The van der Waals surface area contributed by atoms with Gasteiger partial charge in [0, 0.05) is 13.0 Å². The van der Waals surface area contributed by atoms with Crippen LogP contribution in [0.5, 0.6) is 0 Å². The molecule has 6 heteroatoms. The van der Waals surface area contributed by atoms with Gasteiger partial charge < -0.3 is 0 Å². The van der Waals surface area contributed by atoms with E-state index in [1.807, 2.05) is 24.3 Å². The summed E-state index contributed by atoms with van der Waals surface area (Å²) in [6, 6.07) is 8.78. The lowest BCUT2D eigenvalue weighted by Crippen LogP contribution is -2.43. The van der Waals surface area contributed by atoms with Crippen molar-refractivity contribution in [3.05, 3.63) is 47.5 Å². The van der Waals surface area contributed by atoms with Crippen LogP contribution in [-0.4, -0.2) is 23.6 Å². The maximum atomic E-state index is 13.8. The zero-order chi connectivity index (χ0) is 18.2. The van der Waals surface area contributed by atoms with Crippen LogP contribution < -0.4 is 5.43 Å². The summed E-state index contributed by atoms with van der Waals surface area (Å²) in [7, 11) is 0. The Bertz CT molecular complexity index is 786. The molecule has 0 radical (unpaired) electrons. The van der Waals surface area contributed by atoms with Crippen molar-refractivity contribution in [2.24, 2.45) is 5.92 Å². The first-order chi connectivity index (χ1) is 11.8. The summed E-state index contributed by atoms with van der Waals surface area (Å²) in [5, 5.41) is 2.36. The van der Waals surface area contributed by atoms with E-state index in [0.717, 1.165) is 22.4 Å². The molecule has 1 fully saturated rings. The molecule has 1 amide bonds. The molecule has 3 nitrogen and oxygen atoms in total. The SMILES string of the molecule is CC(C)Cc1ccc2cccc([C@H](N3CCC(=O)N3)C(F)(F)F)c2c1. The normalized spacial score (nSPS) is 17.3. The minimum Gasteiger partial charge on any atom is -0.288 e. The van der Waals surface area contributed by atoms with Crippen LogP contribution in [0.15, 0.2) is 36.4 Å². The summed E-state index contributed by atoms with van der Waals surface area (Å²) in [6.45, 7) is 4.20. The van der Waals surface area contributed by atoms with Crippen LogP contribution in [0.1, 0.15) is 37.4 Å². The molecule has 0 saturated carbocycles. The molecule has 0 spiro atoms. The van der Waals surface area contributed by atoms with Crippen LogP contribution in [-0.2, 0) is 11.2 Å². The number of halogens is 3. The second-order valence-electron chi connectivity index (χ2n) is 6.92. The summed E-state index contributed by atoms with van der Waals surface area (Å²) < 4.78 is 41.5. The molecule has 1 atom stereocenters. The molecule has 0 bridgehead atoms. The molecule has 0 aromatic heterocycles. The minimum atomic E-state index is -4.49. The average Bonchev–Trinajstić information content (AvgIpc) is 2.92. The van der Waals surface area contributed by atoms with E-state index in [1.165, 1.54) is 6.07 Å². The van der Waals surface area contributed by atoms with Gasteiger partial charge in [-0.05, 0) is 34.2 Å². The van der Waals surface area contributed by atoms with Crippen LogP contribution in [0, 0.1) is 5.92 Å². The fourth-order valence-electron chi connectivity index (χ4n) is 3.39. The number of rotatable bonds is 4. The van der Waals surface area contributed by atoms with Gasteiger partial charge in [0.1, 0.15) is 0 Å². The quantitative estimate of drug-likeness (QED) is 0.888. The number of carbonyl (C=O) groups excluding carboxylic acids is 1. The molecule has 0 unspecified atom stereocenters. The van der Waals surface area contributed by atoms with Crippen LogP contribution in [0.2, 0.25) is 0 Å². The maximum absolute atomic E-state index is 13.8. The van der Waals surface area contributed by atoms with E-state index in [0.29, 0.717) is 11.3 Å². The van der Waals surface area contributed by atoms with Crippen LogP contribution in [0.25, 0.3) is 10.8 Å². The van der Waals surface area contributed by atoms with E-state index in [2.05, 4.69) is 19.3 Å². The zero-order valence-electron chi connectivity index (χ0n) is 14.2. The van der Waals surface area contributed by atoms with Crippen molar-refractivity contribution in [3.63, 3.8) is 0 Å². The van der Waals surface area contributed by atoms with E-state index in [4.69, 9.17) is 0 Å². The molecular formula is C19H21F3N2O. The number of nitrogens with zero attached hydrogens (tertiary/aromatic N) is 1. The van der Waals surface area contributed by atoms with Gasteiger partial charge in [-0.1, -0.05) is 50.2 Å². The van der Waals surface area contributed by atoms with Crippen molar-refractivity contribution < 1.29 is 18.0 Å². The molecule has 1 aliphatic rings. The highest BCUT2D eigenvalue weighted by Gasteiger charge is 2.47. The summed E-state index contributed by atoms with van der Waals surface area (Å²) in [4.78, 5) is 11.4. The van der Waals surface area contributed by atoms with Crippen molar-refractivity contribution in [1.29, 1.82) is 0 Å². The molecule has 2 aromatic carbocycles. The number of nitrogens with one attached hydrogen (secondary N) is 1. The van der Waals surface area contributed by atoms with E-state index in [-0.39, 0.29) is 24.4 Å². The van der Waals surface area contributed by atoms with Gasteiger partial charge in [0.15, 0.2) is 6.04 Å². The monoisotopic (exact) mass is 350 g/mol. The first kappa shape index (κ1) is 17.7. The highest BCUT2D eigenvalue weighted by Crippen LogP contribution is 2.40. The Balaban J connectivity index is 2.11. The Labute approximate surface area is 144 Å². The fourth-order valence-corrected chi connectivity index (χ4v) is 3.39. The third kappa shape index (κ3) is 3.79. The van der Waals surface area contributed by atoms with Crippen molar-refractivity contribution >= 4 is 16.7 Å². The van der Waals surface area contributed by atoms with Gasteiger partial charge in [-0.3, -0.25) is 10.2 Å². The number of alkyl halides is 3. The van der Waals surface area contributed by atoms with Crippen molar-refractivity contribution in [2.75, 3.05) is 6.54 Å². The van der Waals surface area contributed by atoms with E-state index in [9.17, 15) is 18.0 Å². The highest BCUT2D eigenvalue weighted by atomic mass is 19.4. The molecule has 25 heavy (non-hydrogen) atoms. The molecule has 1 N–H and O–H groups in total. The summed E-state index contributed by atoms with van der Waals surface area (Å²) in [6.07, 6.45) is -3.60. The number of hydrazine groups is 1. The minimum absolute atomic E-state index is 0.0467. The number of fused-ring (bicyclic) bond motifs is 1. The molecule has 0 aliphatic carbocycles. The molecular weight excluding hydrogens is 329 g/mol. The fraction of sp³-hybridized carbons (Fsp3) is 0.421. The Morgan fingerprint density at radius 1 is 1.20 bits per heavy atom. The lowest BCUT2D eigenvalue weighted by molar-refractivity contribution is -0.190. The average molecular weight is 350 g/mol. The van der Waals surface area contributed by atoms with Gasteiger partial charge in [0.2, 0.25) is 5.91 Å². The molecule has 3 rings (SSSR count). The van der Waals surface area contributed by atoms with Gasteiger partial charge in [-0.2, -0.15) is 13.2 Å². The van der Waals surface area contributed by atoms with E-state index < -0.39 is 12.2 Å². The Morgan fingerprint density at radius 2 is 1.96 bits per heavy atom. The predicted molar refractivity (Wildman–Crippen MR) is 90.8 cm³/mol. The predicted octanol–water partition coefficient (Wildman–Crippen LogP) is 4.38. The van der Waals surface area contributed by atoms with E-state index >= 15 is 0 Å². The van der Waals surface area contributed by atoms with Crippen molar-refractivity contribution in [3.8, 4) is 0 Å². The van der Waals surface area contributed by atoms with Crippen LogP contribution in [0.4, 0.5) is 13.2 Å². The number of hydrogen-bond donors (Lipinski definition) is 1. The molecule has 134 valence electrons. The lowest BCUT2D eigenvalue weighted by atomic mass is 9.94.